The highest BCUT2D eigenvalue weighted by atomic mass is 35.5. The van der Waals surface area contributed by atoms with E-state index in [1.807, 2.05) is 12.1 Å². The minimum absolute atomic E-state index is 0.230. The van der Waals surface area contributed by atoms with Gasteiger partial charge in [0.05, 0.1) is 5.57 Å². The summed E-state index contributed by atoms with van der Waals surface area (Å²) in [5.41, 5.74) is 5.56. The number of piperazine rings is 1. The maximum atomic E-state index is 13.4. The van der Waals surface area contributed by atoms with Crippen LogP contribution in [0.3, 0.4) is 0 Å². The minimum atomic E-state index is -0.328. The molecule has 0 bridgehead atoms. The minimum Gasteiger partial charge on any atom is -0.369 e. The first-order valence-corrected chi connectivity index (χ1v) is 14.4. The molecule has 0 radical (unpaired) electrons. The summed E-state index contributed by atoms with van der Waals surface area (Å²) in [5, 5.41) is 9.38. The second-order valence-electron chi connectivity index (χ2n) is 10.6. The number of hydrogen-bond donors (Lipinski definition) is 3. The zero-order valence-corrected chi connectivity index (χ0v) is 24.3. The molecule has 3 N–H and O–H groups in total. The molecule has 2 aliphatic rings. The van der Waals surface area contributed by atoms with Gasteiger partial charge in [-0.05, 0) is 67.7 Å². The normalized spacial score (nSPS) is 15.6. The van der Waals surface area contributed by atoms with Gasteiger partial charge in [0.15, 0.2) is 5.78 Å². The lowest BCUT2D eigenvalue weighted by molar-refractivity contribution is -0.110. The molecule has 2 aliphatic heterocycles. The number of hydrogen-bond acceptors (Lipinski definition) is 6. The molecule has 8 nitrogen and oxygen atoms in total. The fraction of sp³-hybridized carbons (Fsp3) is 0.147. The van der Waals surface area contributed by atoms with E-state index >= 15 is 0 Å². The van der Waals surface area contributed by atoms with Crippen molar-refractivity contribution < 1.29 is 14.4 Å². The van der Waals surface area contributed by atoms with Crippen LogP contribution in [0.15, 0.2) is 97.2 Å². The molecule has 4 aromatic rings. The number of amides is 2. The number of likely N-dealkylation sites (N-methyl/N-ethyl adjacent to an activating group) is 1. The summed E-state index contributed by atoms with van der Waals surface area (Å²) in [4.78, 5) is 43.5. The lowest BCUT2D eigenvalue weighted by Gasteiger charge is -2.34. The van der Waals surface area contributed by atoms with Gasteiger partial charge in [-0.1, -0.05) is 41.9 Å². The van der Waals surface area contributed by atoms with Crippen molar-refractivity contribution in [2.45, 2.75) is 0 Å². The van der Waals surface area contributed by atoms with Crippen LogP contribution in [0.2, 0.25) is 5.02 Å². The van der Waals surface area contributed by atoms with Crippen molar-refractivity contribution in [2.24, 2.45) is 0 Å². The predicted octanol–water partition coefficient (Wildman–Crippen LogP) is 5.98. The molecule has 9 heteroatoms. The van der Waals surface area contributed by atoms with Crippen molar-refractivity contribution in [3.8, 4) is 0 Å². The van der Waals surface area contributed by atoms with Gasteiger partial charge in [-0.15, -0.1) is 0 Å². The first-order chi connectivity index (χ1) is 20.8. The highest BCUT2D eigenvalue weighted by molar-refractivity contribution is 6.32. The van der Waals surface area contributed by atoms with Crippen LogP contribution in [0, 0.1) is 0 Å². The van der Waals surface area contributed by atoms with Gasteiger partial charge in [-0.3, -0.25) is 14.4 Å². The highest BCUT2D eigenvalue weighted by Gasteiger charge is 2.25. The number of anilines is 4. The van der Waals surface area contributed by atoms with E-state index in [1.165, 1.54) is 5.69 Å². The smallest absolute Gasteiger partial charge is 0.257 e. The molecular weight excluding hydrogens is 562 g/mol. The average Bonchev–Trinajstić information content (AvgIpc) is 3.34. The van der Waals surface area contributed by atoms with E-state index in [4.69, 9.17) is 11.6 Å². The van der Waals surface area contributed by atoms with Gasteiger partial charge in [0.1, 0.15) is 0 Å². The summed E-state index contributed by atoms with van der Waals surface area (Å²) in [6.45, 7) is 4.09. The predicted molar refractivity (Wildman–Crippen MR) is 172 cm³/mol. The van der Waals surface area contributed by atoms with Gasteiger partial charge in [-0.2, -0.15) is 0 Å². The summed E-state index contributed by atoms with van der Waals surface area (Å²) >= 11 is 6.00. The molecule has 2 heterocycles. The maximum Gasteiger partial charge on any atom is 0.257 e. The number of carbonyl (C=O) groups excluding carboxylic acids is 3. The van der Waals surface area contributed by atoms with Gasteiger partial charge in [0.2, 0.25) is 0 Å². The monoisotopic (exact) mass is 591 g/mol. The third-order valence-electron chi connectivity index (χ3n) is 7.65. The number of benzene rings is 4. The van der Waals surface area contributed by atoms with E-state index < -0.39 is 0 Å². The maximum absolute atomic E-state index is 13.4. The Kier molecular flexibility index (Phi) is 7.96. The molecular formula is C34H30ClN5O3. The van der Waals surface area contributed by atoms with Crippen molar-refractivity contribution in [2.75, 3.05) is 54.1 Å². The summed E-state index contributed by atoms with van der Waals surface area (Å²) in [7, 11) is 2.14. The summed E-state index contributed by atoms with van der Waals surface area (Å²) < 4.78 is 0. The van der Waals surface area contributed by atoms with Crippen LogP contribution < -0.4 is 20.9 Å². The Balaban J connectivity index is 1.14. The van der Waals surface area contributed by atoms with Gasteiger partial charge in [0.25, 0.3) is 11.8 Å². The molecule has 1 fully saturated rings. The number of halogens is 1. The zero-order chi connectivity index (χ0) is 29.9. The Morgan fingerprint density at radius 3 is 2.30 bits per heavy atom. The Hall–Kier alpha value is -4.92. The van der Waals surface area contributed by atoms with Crippen LogP contribution in [0.1, 0.15) is 31.8 Å². The van der Waals surface area contributed by atoms with Crippen molar-refractivity contribution in [1.82, 2.24) is 4.90 Å². The Morgan fingerprint density at radius 2 is 1.53 bits per heavy atom. The second kappa shape index (κ2) is 12.1. The van der Waals surface area contributed by atoms with E-state index in [-0.39, 0.29) is 17.6 Å². The van der Waals surface area contributed by atoms with E-state index in [0.29, 0.717) is 44.2 Å². The van der Waals surface area contributed by atoms with Crippen LogP contribution >= 0.6 is 11.6 Å². The molecule has 0 aliphatic carbocycles. The SMILES string of the molecule is CN1CCN(c2ccc(N/C=C3/C(=O)Nc4cc(C(=O)c5cccc(NC(=O)c6cccc(Cl)c6)c5)ccc43)cc2)CC1. The van der Waals surface area contributed by atoms with Crippen LogP contribution in [0.5, 0.6) is 0 Å². The van der Waals surface area contributed by atoms with Gasteiger partial charge in [-0.25, -0.2) is 0 Å². The molecule has 6 rings (SSSR count). The van der Waals surface area contributed by atoms with Crippen LogP contribution in [-0.4, -0.2) is 55.7 Å². The zero-order valence-electron chi connectivity index (χ0n) is 23.6. The van der Waals surface area contributed by atoms with E-state index in [0.717, 1.165) is 31.9 Å². The molecule has 1 saturated heterocycles. The number of fused-ring (bicyclic) bond motifs is 1. The summed E-state index contributed by atoms with van der Waals surface area (Å²) in [6.07, 6.45) is 1.69. The topological polar surface area (TPSA) is 93.8 Å². The van der Waals surface area contributed by atoms with Gasteiger partial charge < -0.3 is 25.8 Å². The molecule has 2 amide bonds. The summed E-state index contributed by atoms with van der Waals surface area (Å²) in [6, 6.07) is 26.7. The Morgan fingerprint density at radius 1 is 0.814 bits per heavy atom. The fourth-order valence-corrected chi connectivity index (χ4v) is 5.40. The van der Waals surface area contributed by atoms with Crippen LogP contribution in [0.25, 0.3) is 5.57 Å². The van der Waals surface area contributed by atoms with Gasteiger partial charge >= 0.3 is 0 Å². The molecule has 0 spiro atoms. The Labute approximate surface area is 255 Å². The van der Waals surface area contributed by atoms with Crippen molar-refractivity contribution >= 4 is 57.5 Å². The number of nitrogens with one attached hydrogen (secondary N) is 3. The number of nitrogens with zero attached hydrogens (tertiary/aromatic N) is 2. The molecule has 216 valence electrons. The largest absolute Gasteiger partial charge is 0.369 e. The molecule has 43 heavy (non-hydrogen) atoms. The average molecular weight is 592 g/mol. The second-order valence-corrected chi connectivity index (χ2v) is 11.1. The van der Waals surface area contributed by atoms with Crippen molar-refractivity contribution in [3.63, 3.8) is 0 Å². The van der Waals surface area contributed by atoms with Crippen molar-refractivity contribution in [1.29, 1.82) is 0 Å². The van der Waals surface area contributed by atoms with E-state index in [9.17, 15) is 14.4 Å². The van der Waals surface area contributed by atoms with E-state index in [1.54, 1.807) is 72.9 Å². The first-order valence-electron chi connectivity index (χ1n) is 14.0. The quantitative estimate of drug-likeness (QED) is 0.181. The number of rotatable bonds is 7. The molecule has 0 unspecified atom stereocenters. The number of carbonyl (C=O) groups is 3. The first kappa shape index (κ1) is 28.2. The lowest BCUT2D eigenvalue weighted by Crippen LogP contribution is -2.44. The van der Waals surface area contributed by atoms with Crippen molar-refractivity contribution in [3.05, 3.63) is 124 Å². The lowest BCUT2D eigenvalue weighted by atomic mass is 9.99. The third-order valence-corrected chi connectivity index (χ3v) is 7.89. The standard InChI is InChI=1S/C34H30ClN5O3/c1-39-14-16-40(17-15-39)28-11-9-26(10-12-28)36-21-30-29-13-8-23(20-31(29)38-34(30)43)32(41)22-4-3-7-27(19-22)37-33(42)24-5-2-6-25(35)18-24/h2-13,18-21,36H,14-17H2,1H3,(H,37,42)(H,38,43)/b30-21+. The fourth-order valence-electron chi connectivity index (χ4n) is 5.21. The van der Waals surface area contributed by atoms with Crippen LogP contribution in [0.4, 0.5) is 22.7 Å². The number of ketones is 1. The van der Waals surface area contributed by atoms with Crippen LogP contribution in [-0.2, 0) is 4.79 Å². The third kappa shape index (κ3) is 6.30. The summed E-state index contributed by atoms with van der Waals surface area (Å²) in [5.74, 6) is -0.801. The van der Waals surface area contributed by atoms with Gasteiger partial charge in [0, 0.05) is 82.4 Å². The molecule has 0 aromatic heterocycles. The van der Waals surface area contributed by atoms with E-state index in [2.05, 4.69) is 44.9 Å². The molecule has 0 saturated carbocycles. The molecule has 4 aromatic carbocycles. The molecule has 0 atom stereocenters. The Bertz CT molecular complexity index is 1740. The highest BCUT2D eigenvalue weighted by Crippen LogP contribution is 2.33.